The van der Waals surface area contributed by atoms with E-state index in [1.165, 1.54) is 16.0 Å². The van der Waals surface area contributed by atoms with Crippen LogP contribution < -0.4 is 0 Å². The summed E-state index contributed by atoms with van der Waals surface area (Å²) in [6.07, 6.45) is 7.36. The van der Waals surface area contributed by atoms with Crippen LogP contribution in [0.3, 0.4) is 0 Å². The molecule has 1 aromatic rings. The van der Waals surface area contributed by atoms with Gasteiger partial charge in [-0.25, -0.2) is 0 Å². The summed E-state index contributed by atoms with van der Waals surface area (Å²) in [5.74, 6) is -0.783. The Morgan fingerprint density at radius 1 is 1.12 bits per heavy atom. The van der Waals surface area contributed by atoms with Crippen LogP contribution in [0.1, 0.15) is 42.9 Å². The first-order chi connectivity index (χ1) is 12.6. The van der Waals surface area contributed by atoms with Gasteiger partial charge in [0.2, 0.25) is 11.8 Å². The van der Waals surface area contributed by atoms with Crippen LogP contribution in [0.25, 0.3) is 0 Å². The van der Waals surface area contributed by atoms with Crippen molar-refractivity contribution < 1.29 is 19.4 Å². The Kier molecular flexibility index (Phi) is 4.92. The topological polar surface area (TPSA) is 66.8 Å². The van der Waals surface area contributed by atoms with E-state index in [0.717, 1.165) is 19.3 Å². The lowest BCUT2D eigenvalue weighted by atomic mass is 9.85. The molecule has 2 aliphatic carbocycles. The van der Waals surface area contributed by atoms with Crippen molar-refractivity contribution in [3.8, 4) is 0 Å². The molecule has 0 spiro atoms. The van der Waals surface area contributed by atoms with Gasteiger partial charge < -0.3 is 9.84 Å². The molecule has 1 N–H and O–H groups in total. The minimum atomic E-state index is -0.856. The van der Waals surface area contributed by atoms with Crippen molar-refractivity contribution in [2.24, 2.45) is 11.8 Å². The summed E-state index contributed by atoms with van der Waals surface area (Å²) >= 11 is 0. The number of ether oxygens (including phenoxy) is 1. The first-order valence-electron chi connectivity index (χ1n) is 9.53. The summed E-state index contributed by atoms with van der Waals surface area (Å²) in [6, 6.07) is 8.25. The van der Waals surface area contributed by atoms with Gasteiger partial charge in [-0.3, -0.25) is 14.5 Å². The van der Waals surface area contributed by atoms with Crippen LogP contribution >= 0.6 is 0 Å². The fourth-order valence-corrected chi connectivity index (χ4v) is 4.42. The molecule has 4 rings (SSSR count). The Morgan fingerprint density at radius 3 is 2.54 bits per heavy atom. The number of imide groups is 1. The molecule has 1 heterocycles. The van der Waals surface area contributed by atoms with Crippen molar-refractivity contribution in [2.75, 3.05) is 13.2 Å². The number of likely N-dealkylation sites (tertiary alicyclic amines) is 1. The number of nitrogens with zero attached hydrogens (tertiary/aromatic N) is 1. The van der Waals surface area contributed by atoms with Crippen molar-refractivity contribution in [3.63, 3.8) is 0 Å². The second-order valence-electron chi connectivity index (χ2n) is 7.51. The molecular formula is C21H25NO4. The van der Waals surface area contributed by atoms with Gasteiger partial charge in [-0.05, 0) is 43.2 Å². The molecular weight excluding hydrogens is 330 g/mol. The highest BCUT2D eigenvalue weighted by molar-refractivity contribution is 6.05. The molecule has 0 bridgehead atoms. The van der Waals surface area contributed by atoms with Crippen LogP contribution in [0.15, 0.2) is 36.4 Å². The van der Waals surface area contributed by atoms with Gasteiger partial charge in [0.15, 0.2) is 0 Å². The maximum absolute atomic E-state index is 12.5. The Bertz CT molecular complexity index is 702. The van der Waals surface area contributed by atoms with E-state index in [-0.39, 0.29) is 42.9 Å². The lowest BCUT2D eigenvalue weighted by molar-refractivity contribution is -0.142. The number of amides is 2. The van der Waals surface area contributed by atoms with Gasteiger partial charge in [-0.2, -0.15) is 0 Å². The van der Waals surface area contributed by atoms with Crippen molar-refractivity contribution >= 4 is 11.8 Å². The number of hydrogen-bond acceptors (Lipinski definition) is 4. The molecule has 5 nitrogen and oxygen atoms in total. The molecule has 3 aliphatic rings. The van der Waals surface area contributed by atoms with Gasteiger partial charge >= 0.3 is 0 Å². The molecule has 0 aromatic heterocycles. The van der Waals surface area contributed by atoms with Crippen LogP contribution in [0.4, 0.5) is 0 Å². The summed E-state index contributed by atoms with van der Waals surface area (Å²) in [5.41, 5.74) is 2.50. The smallest absolute Gasteiger partial charge is 0.233 e. The maximum Gasteiger partial charge on any atom is 0.233 e. The van der Waals surface area contributed by atoms with Gasteiger partial charge in [-0.15, -0.1) is 0 Å². The van der Waals surface area contributed by atoms with Crippen LogP contribution in [0, 0.1) is 11.8 Å². The first-order valence-corrected chi connectivity index (χ1v) is 9.53. The summed E-state index contributed by atoms with van der Waals surface area (Å²) in [5, 5.41) is 10.4. The average molecular weight is 355 g/mol. The van der Waals surface area contributed by atoms with Gasteiger partial charge in [0, 0.05) is 0 Å². The number of carbonyl (C=O) groups is 2. The lowest BCUT2D eigenvalue weighted by Crippen LogP contribution is -2.39. The predicted octanol–water partition coefficient (Wildman–Crippen LogP) is 2.39. The van der Waals surface area contributed by atoms with E-state index in [1.807, 2.05) is 24.3 Å². The highest BCUT2D eigenvalue weighted by atomic mass is 16.5. The van der Waals surface area contributed by atoms with E-state index in [4.69, 9.17) is 4.74 Å². The van der Waals surface area contributed by atoms with Gasteiger partial charge in [-0.1, -0.05) is 36.4 Å². The van der Waals surface area contributed by atoms with Crippen LogP contribution in [0.2, 0.25) is 0 Å². The number of aryl methyl sites for hydroxylation is 1. The number of carbonyl (C=O) groups excluding carboxylic acids is 2. The van der Waals surface area contributed by atoms with Gasteiger partial charge in [0.05, 0.1) is 37.2 Å². The monoisotopic (exact) mass is 355 g/mol. The fraction of sp³-hybridized carbons (Fsp3) is 0.524. The Labute approximate surface area is 153 Å². The molecule has 1 saturated heterocycles. The van der Waals surface area contributed by atoms with E-state index in [0.29, 0.717) is 12.8 Å². The van der Waals surface area contributed by atoms with Crippen molar-refractivity contribution in [1.82, 2.24) is 4.90 Å². The Hall–Kier alpha value is -1.98. The summed E-state index contributed by atoms with van der Waals surface area (Å²) in [4.78, 5) is 26.2. The average Bonchev–Trinajstić information content (AvgIpc) is 2.91. The van der Waals surface area contributed by atoms with E-state index in [9.17, 15) is 14.7 Å². The number of fused-ring (bicyclic) bond motifs is 2. The molecule has 2 amide bonds. The second-order valence-corrected chi connectivity index (χ2v) is 7.51. The molecule has 5 heteroatoms. The number of hydrogen-bond donors (Lipinski definition) is 1. The molecule has 0 unspecified atom stereocenters. The van der Waals surface area contributed by atoms with E-state index >= 15 is 0 Å². The minimum Gasteiger partial charge on any atom is -0.389 e. The molecule has 1 fully saturated rings. The van der Waals surface area contributed by atoms with E-state index in [1.54, 1.807) is 0 Å². The zero-order valence-electron chi connectivity index (χ0n) is 14.8. The van der Waals surface area contributed by atoms with Crippen LogP contribution in [0.5, 0.6) is 0 Å². The third-order valence-corrected chi connectivity index (χ3v) is 5.80. The van der Waals surface area contributed by atoms with Crippen LogP contribution in [-0.4, -0.2) is 41.1 Å². The Morgan fingerprint density at radius 2 is 1.81 bits per heavy atom. The quantitative estimate of drug-likeness (QED) is 0.651. The Balaban J connectivity index is 1.34. The zero-order chi connectivity index (χ0) is 18.1. The van der Waals surface area contributed by atoms with Gasteiger partial charge in [0.25, 0.3) is 0 Å². The van der Waals surface area contributed by atoms with E-state index in [2.05, 4.69) is 12.1 Å². The molecule has 1 aliphatic heterocycles. The summed E-state index contributed by atoms with van der Waals surface area (Å²) < 4.78 is 5.96. The fourth-order valence-electron chi connectivity index (χ4n) is 4.42. The molecule has 0 radical (unpaired) electrons. The van der Waals surface area contributed by atoms with Gasteiger partial charge in [0.1, 0.15) is 0 Å². The SMILES string of the molecule is O=C1[C@H]2CC=CC[C@H]2C(=O)N1C[C@@H](O)CO[C@@H]1CCCc2ccccc21. The summed E-state index contributed by atoms with van der Waals surface area (Å²) in [7, 11) is 0. The maximum atomic E-state index is 12.5. The molecule has 26 heavy (non-hydrogen) atoms. The number of allylic oxidation sites excluding steroid dienone is 2. The number of rotatable bonds is 5. The third kappa shape index (κ3) is 3.21. The van der Waals surface area contributed by atoms with Crippen molar-refractivity contribution in [2.45, 2.75) is 44.3 Å². The minimum absolute atomic E-state index is 0.0219. The number of benzene rings is 1. The molecule has 1 aromatic carbocycles. The number of aliphatic hydroxyl groups is 1. The largest absolute Gasteiger partial charge is 0.389 e. The molecule has 138 valence electrons. The second kappa shape index (κ2) is 7.33. The van der Waals surface area contributed by atoms with Crippen molar-refractivity contribution in [3.05, 3.63) is 47.5 Å². The highest BCUT2D eigenvalue weighted by Gasteiger charge is 2.47. The third-order valence-electron chi connectivity index (χ3n) is 5.80. The number of β-amino-alcohol motifs (C(OH)–C–C–N with tert-alkyl or cyclic N) is 1. The van der Waals surface area contributed by atoms with Crippen molar-refractivity contribution in [1.29, 1.82) is 0 Å². The normalized spacial score (nSPS) is 28.8. The highest BCUT2D eigenvalue weighted by Crippen LogP contribution is 2.35. The van der Waals surface area contributed by atoms with Crippen LogP contribution in [-0.2, 0) is 20.7 Å². The standard InChI is InChI=1S/C21H25NO4/c23-15(12-22-20(24)17-9-3-4-10-18(17)21(22)25)13-26-19-11-5-7-14-6-1-2-8-16(14)19/h1-4,6,8,15,17-19,23H,5,7,9-13H2/t15-,17-,18+,19-/m1/s1. The molecule has 4 atom stereocenters. The first kappa shape index (κ1) is 17.4. The predicted molar refractivity (Wildman–Crippen MR) is 96.2 cm³/mol. The van der Waals surface area contributed by atoms with E-state index < -0.39 is 6.10 Å². The summed E-state index contributed by atoms with van der Waals surface area (Å²) in [6.45, 7) is 0.155. The molecule has 0 saturated carbocycles. The number of aliphatic hydroxyl groups excluding tert-OH is 1. The lowest BCUT2D eigenvalue weighted by Gasteiger charge is -2.27. The zero-order valence-corrected chi connectivity index (χ0v) is 14.8.